The van der Waals surface area contributed by atoms with Crippen LogP contribution in [-0.4, -0.2) is 20.6 Å². The number of anilines is 1. The predicted octanol–water partition coefficient (Wildman–Crippen LogP) is 4.63. The second-order valence-electron chi connectivity index (χ2n) is 8.38. The summed E-state index contributed by atoms with van der Waals surface area (Å²) in [7, 11) is -3.48. The number of aryl methyl sites for hydroxylation is 2. The normalized spacial score (nSPS) is 13.9. The van der Waals surface area contributed by atoms with Crippen molar-refractivity contribution in [3.63, 3.8) is 0 Å². The fraction of sp³-hybridized carbons (Fsp3) is 0.269. The smallest absolute Gasteiger partial charge is 0.251 e. The van der Waals surface area contributed by atoms with Gasteiger partial charge < -0.3 is 5.32 Å². The van der Waals surface area contributed by atoms with E-state index in [1.807, 2.05) is 37.3 Å². The van der Waals surface area contributed by atoms with E-state index in [9.17, 15) is 13.2 Å². The maximum atomic E-state index is 12.8. The van der Waals surface area contributed by atoms with Crippen molar-refractivity contribution in [1.82, 2.24) is 5.32 Å². The number of nitrogens with zero attached hydrogens (tertiary/aromatic N) is 1. The number of fused-ring (bicyclic) bond motifs is 1. The highest BCUT2D eigenvalue weighted by Crippen LogP contribution is 2.26. The van der Waals surface area contributed by atoms with Crippen molar-refractivity contribution in [2.24, 2.45) is 0 Å². The first-order valence-corrected chi connectivity index (χ1v) is 12.7. The van der Waals surface area contributed by atoms with Crippen LogP contribution in [0.1, 0.15) is 52.0 Å². The third kappa shape index (κ3) is 5.02. The van der Waals surface area contributed by atoms with Crippen LogP contribution in [0.5, 0.6) is 0 Å². The topological polar surface area (TPSA) is 66.5 Å². The van der Waals surface area contributed by atoms with E-state index >= 15 is 0 Å². The quantitative estimate of drug-likeness (QED) is 0.573. The third-order valence-corrected chi connectivity index (χ3v) is 7.10. The number of nitrogens with one attached hydrogen (secondary N) is 1. The Hall–Kier alpha value is -3.12. The number of hydrogen-bond donors (Lipinski definition) is 1. The van der Waals surface area contributed by atoms with Crippen LogP contribution in [0.3, 0.4) is 0 Å². The number of amides is 1. The van der Waals surface area contributed by atoms with Gasteiger partial charge in [0.1, 0.15) is 0 Å². The lowest BCUT2D eigenvalue weighted by Crippen LogP contribution is -2.29. The molecule has 0 spiro atoms. The fourth-order valence-electron chi connectivity index (χ4n) is 4.15. The monoisotopic (exact) mass is 448 g/mol. The Morgan fingerprint density at radius 2 is 1.66 bits per heavy atom. The molecule has 4 rings (SSSR count). The maximum absolute atomic E-state index is 12.8. The molecule has 1 atom stereocenters. The Kier molecular flexibility index (Phi) is 6.33. The molecule has 3 aromatic rings. The number of carbonyl (C=O) groups is 1. The van der Waals surface area contributed by atoms with E-state index in [0.29, 0.717) is 11.3 Å². The third-order valence-electron chi connectivity index (χ3n) is 5.96. The summed E-state index contributed by atoms with van der Waals surface area (Å²) in [6.07, 6.45) is 4.62. The second-order valence-corrected chi connectivity index (χ2v) is 10.3. The van der Waals surface area contributed by atoms with Gasteiger partial charge in [0.15, 0.2) is 0 Å². The predicted molar refractivity (Wildman–Crippen MR) is 128 cm³/mol. The standard InChI is InChI=1S/C26H28N2O3S/c1-19(23-12-11-21-9-6-10-24(21)17-23)27-26(29)22-13-15-25(16-14-22)28(32(2,30)31)18-20-7-4-3-5-8-20/h3-5,7-8,11-17,19H,6,9-10,18H2,1-2H3,(H,27,29)/t19-/m1/s1. The molecule has 0 saturated heterocycles. The van der Waals surface area contributed by atoms with Crippen molar-refractivity contribution >= 4 is 21.6 Å². The maximum Gasteiger partial charge on any atom is 0.251 e. The Balaban J connectivity index is 1.47. The molecule has 3 aromatic carbocycles. The van der Waals surface area contributed by atoms with E-state index in [2.05, 4.69) is 23.5 Å². The van der Waals surface area contributed by atoms with Crippen LogP contribution in [0.15, 0.2) is 72.8 Å². The van der Waals surface area contributed by atoms with Gasteiger partial charge in [0.05, 0.1) is 24.5 Å². The molecule has 1 aliphatic carbocycles. The molecular formula is C26H28N2O3S. The summed E-state index contributed by atoms with van der Waals surface area (Å²) in [5.74, 6) is -0.182. The number of sulfonamides is 1. The van der Waals surface area contributed by atoms with E-state index in [1.54, 1.807) is 24.3 Å². The number of benzene rings is 3. The molecule has 32 heavy (non-hydrogen) atoms. The van der Waals surface area contributed by atoms with E-state index in [0.717, 1.165) is 24.0 Å². The molecule has 1 N–H and O–H groups in total. The average molecular weight is 449 g/mol. The number of hydrogen-bond acceptors (Lipinski definition) is 3. The number of rotatable bonds is 7. The van der Waals surface area contributed by atoms with Crippen LogP contribution in [0.2, 0.25) is 0 Å². The van der Waals surface area contributed by atoms with Gasteiger partial charge >= 0.3 is 0 Å². The van der Waals surface area contributed by atoms with E-state index in [-0.39, 0.29) is 18.5 Å². The molecule has 0 fully saturated rings. The van der Waals surface area contributed by atoms with Crippen LogP contribution >= 0.6 is 0 Å². The van der Waals surface area contributed by atoms with Gasteiger partial charge in [-0.05, 0) is 72.7 Å². The van der Waals surface area contributed by atoms with Gasteiger partial charge in [-0.25, -0.2) is 8.42 Å². The summed E-state index contributed by atoms with van der Waals surface area (Å²) in [4.78, 5) is 12.8. The molecule has 0 radical (unpaired) electrons. The zero-order valence-corrected chi connectivity index (χ0v) is 19.2. The summed E-state index contributed by atoms with van der Waals surface area (Å²) in [5, 5.41) is 3.05. The molecule has 0 saturated carbocycles. The van der Waals surface area contributed by atoms with E-state index in [1.165, 1.54) is 28.1 Å². The number of carbonyl (C=O) groups excluding carboxylic acids is 1. The molecular weight excluding hydrogens is 420 g/mol. The van der Waals surface area contributed by atoms with Crippen LogP contribution in [0.25, 0.3) is 0 Å². The lowest BCUT2D eigenvalue weighted by atomic mass is 10.0. The SMILES string of the molecule is C[C@@H](NC(=O)c1ccc(N(Cc2ccccc2)S(C)(=O)=O)cc1)c1ccc2c(c1)CCC2. The first-order valence-electron chi connectivity index (χ1n) is 10.9. The Bertz CT molecular complexity index is 1210. The van der Waals surface area contributed by atoms with Gasteiger partial charge in [-0.3, -0.25) is 9.10 Å². The minimum absolute atomic E-state index is 0.112. The first kappa shape index (κ1) is 22.1. The van der Waals surface area contributed by atoms with Crippen molar-refractivity contribution < 1.29 is 13.2 Å². The minimum Gasteiger partial charge on any atom is -0.346 e. The summed E-state index contributed by atoms with van der Waals surface area (Å²) >= 11 is 0. The van der Waals surface area contributed by atoms with E-state index < -0.39 is 10.0 Å². The van der Waals surface area contributed by atoms with Gasteiger partial charge in [0.25, 0.3) is 5.91 Å². The highest BCUT2D eigenvalue weighted by atomic mass is 32.2. The highest BCUT2D eigenvalue weighted by Gasteiger charge is 2.19. The van der Waals surface area contributed by atoms with Crippen molar-refractivity contribution in [3.8, 4) is 0 Å². The van der Waals surface area contributed by atoms with Gasteiger partial charge in [-0.15, -0.1) is 0 Å². The largest absolute Gasteiger partial charge is 0.346 e. The van der Waals surface area contributed by atoms with Crippen molar-refractivity contribution in [1.29, 1.82) is 0 Å². The van der Waals surface area contributed by atoms with Crippen LogP contribution in [-0.2, 0) is 29.4 Å². The lowest BCUT2D eigenvalue weighted by Gasteiger charge is -2.23. The van der Waals surface area contributed by atoms with Crippen molar-refractivity contribution in [3.05, 3.63) is 101 Å². The Labute approximate surface area is 190 Å². The summed E-state index contributed by atoms with van der Waals surface area (Å²) < 4.78 is 26.1. The molecule has 166 valence electrons. The summed E-state index contributed by atoms with van der Waals surface area (Å²) in [5.41, 5.74) is 5.81. The molecule has 6 heteroatoms. The van der Waals surface area contributed by atoms with Crippen LogP contribution in [0, 0.1) is 0 Å². The fourth-order valence-corrected chi connectivity index (χ4v) is 5.04. The Morgan fingerprint density at radius 3 is 2.34 bits per heavy atom. The average Bonchev–Trinajstić information content (AvgIpc) is 3.25. The lowest BCUT2D eigenvalue weighted by molar-refractivity contribution is 0.0940. The molecule has 0 bridgehead atoms. The molecule has 0 aromatic heterocycles. The molecule has 0 aliphatic heterocycles. The van der Waals surface area contributed by atoms with Gasteiger partial charge in [-0.2, -0.15) is 0 Å². The summed E-state index contributed by atoms with van der Waals surface area (Å²) in [6.45, 7) is 2.22. The Morgan fingerprint density at radius 1 is 0.969 bits per heavy atom. The molecule has 1 amide bonds. The molecule has 1 aliphatic rings. The summed E-state index contributed by atoms with van der Waals surface area (Å²) in [6, 6.07) is 22.5. The zero-order chi connectivity index (χ0) is 22.7. The van der Waals surface area contributed by atoms with E-state index in [4.69, 9.17) is 0 Å². The molecule has 5 nitrogen and oxygen atoms in total. The van der Waals surface area contributed by atoms with Crippen LogP contribution in [0.4, 0.5) is 5.69 Å². The highest BCUT2D eigenvalue weighted by molar-refractivity contribution is 7.92. The second kappa shape index (κ2) is 9.17. The van der Waals surface area contributed by atoms with Gasteiger partial charge in [0, 0.05) is 5.56 Å². The minimum atomic E-state index is -3.48. The van der Waals surface area contributed by atoms with Crippen molar-refractivity contribution in [2.45, 2.75) is 38.8 Å². The first-order chi connectivity index (χ1) is 15.3. The van der Waals surface area contributed by atoms with Gasteiger partial charge in [0.2, 0.25) is 10.0 Å². The van der Waals surface area contributed by atoms with Crippen molar-refractivity contribution in [2.75, 3.05) is 10.6 Å². The molecule has 0 heterocycles. The zero-order valence-electron chi connectivity index (χ0n) is 18.4. The van der Waals surface area contributed by atoms with Crippen LogP contribution < -0.4 is 9.62 Å². The van der Waals surface area contributed by atoms with Gasteiger partial charge in [-0.1, -0.05) is 48.5 Å². The molecule has 0 unspecified atom stereocenters.